The second-order valence-electron chi connectivity index (χ2n) is 10.6. The van der Waals surface area contributed by atoms with Crippen molar-refractivity contribution in [3.8, 4) is 0 Å². The van der Waals surface area contributed by atoms with E-state index in [1.807, 2.05) is 87.5 Å². The summed E-state index contributed by atoms with van der Waals surface area (Å²) in [7, 11) is 0. The van der Waals surface area contributed by atoms with Crippen LogP contribution in [0.2, 0.25) is 0 Å². The Balaban J connectivity index is 1.24. The lowest BCUT2D eigenvalue weighted by atomic mass is 9.98. The van der Waals surface area contributed by atoms with E-state index in [1.54, 1.807) is 0 Å². The van der Waals surface area contributed by atoms with Crippen LogP contribution >= 0.6 is 47.8 Å². The maximum atomic E-state index is 13.6. The fourth-order valence-corrected chi connectivity index (χ4v) is 6.89. The van der Waals surface area contributed by atoms with Gasteiger partial charge in [0.25, 0.3) is 0 Å². The van der Waals surface area contributed by atoms with Crippen LogP contribution in [-0.2, 0) is 0 Å². The molecule has 0 spiro atoms. The Hall–Kier alpha value is -3.13. The molecule has 3 aromatic rings. The molecule has 3 fully saturated rings. The van der Waals surface area contributed by atoms with Crippen LogP contribution in [0.25, 0.3) is 0 Å². The largest absolute Gasteiger partial charge is 0.323 e. The Bertz CT molecular complexity index is 1310. The predicted octanol–water partition coefficient (Wildman–Crippen LogP) is 7.37. The molecule has 3 aromatic carbocycles. The maximum Gasteiger partial charge on any atom is 0.323 e. The molecule has 13 heteroatoms. The molecule has 0 radical (unpaired) electrons. The number of nitrogens with one attached hydrogen (secondary N) is 3. The van der Waals surface area contributed by atoms with E-state index in [1.165, 1.54) is 0 Å². The summed E-state index contributed by atoms with van der Waals surface area (Å²) in [5.41, 5.74) is 2.10. The smallest absolute Gasteiger partial charge is 0.308 e. The van der Waals surface area contributed by atoms with Crippen LogP contribution in [0.5, 0.6) is 0 Å². The van der Waals surface area contributed by atoms with Crippen molar-refractivity contribution in [2.75, 3.05) is 35.6 Å². The molecule has 3 aliphatic rings. The summed E-state index contributed by atoms with van der Waals surface area (Å²) in [6.45, 7) is 1.44. The molecule has 43 heavy (non-hydrogen) atoms. The maximum absolute atomic E-state index is 13.6. The number of amides is 6. The quantitative estimate of drug-likeness (QED) is 0.259. The predicted molar refractivity (Wildman–Crippen MR) is 177 cm³/mol. The highest BCUT2D eigenvalue weighted by Gasteiger charge is 2.52. The molecular formula is C30H30Br3N7O3. The summed E-state index contributed by atoms with van der Waals surface area (Å²) in [5, 5.41) is 9.08. The van der Waals surface area contributed by atoms with E-state index in [4.69, 9.17) is 0 Å². The van der Waals surface area contributed by atoms with Crippen LogP contribution in [0.4, 0.5) is 31.4 Å². The number of hydrogen-bond acceptors (Lipinski definition) is 4. The van der Waals surface area contributed by atoms with Crippen molar-refractivity contribution in [3.63, 3.8) is 0 Å². The fraction of sp³-hybridized carbons (Fsp3) is 0.300. The van der Waals surface area contributed by atoms with Crippen molar-refractivity contribution >= 4 is 82.9 Å². The number of urea groups is 3. The zero-order chi connectivity index (χ0) is 30.1. The number of halogens is 3. The van der Waals surface area contributed by atoms with Gasteiger partial charge in [-0.3, -0.25) is 0 Å². The molecule has 3 heterocycles. The van der Waals surface area contributed by atoms with Gasteiger partial charge in [0.2, 0.25) is 0 Å². The molecule has 3 N–H and O–H groups in total. The molecule has 224 valence electrons. The highest BCUT2D eigenvalue weighted by molar-refractivity contribution is 9.11. The first kappa shape index (κ1) is 29.9. The van der Waals surface area contributed by atoms with Gasteiger partial charge in [0.05, 0.1) is 18.5 Å². The number of rotatable bonds is 3. The zero-order valence-corrected chi connectivity index (χ0v) is 27.8. The zero-order valence-electron chi connectivity index (χ0n) is 23.1. The van der Waals surface area contributed by atoms with Gasteiger partial charge in [0.15, 0.2) is 0 Å². The SMILES string of the molecule is O=C(Nc1ccc(Br)cc1)N1CCC2N(C(=O)Nc3ccc(Br)cc3)CCC3N(C(=O)Nc4ccc(Br)cc4)CCC1N23. The van der Waals surface area contributed by atoms with E-state index >= 15 is 0 Å². The number of carbonyl (C=O) groups excluding carboxylic acids is 3. The Morgan fingerprint density at radius 2 is 0.744 bits per heavy atom. The summed E-state index contributed by atoms with van der Waals surface area (Å²) >= 11 is 10.3. The first-order chi connectivity index (χ1) is 20.8. The molecule has 0 aromatic heterocycles. The standard InChI is InChI=1S/C30H30Br3N7O3/c31-19-1-7-22(8-2-19)34-28(41)37-16-13-26-39(30(43)36-24-11-5-21(33)6-12-24)18-15-27-38(17-14-25(37)40(26)27)29(42)35-23-9-3-20(32)4-10-23/h1-12,25-27H,13-18H2,(H,34,41)(H,35,42)(H,36,43). The van der Waals surface area contributed by atoms with Crippen LogP contribution in [-0.4, -0.2) is 75.8 Å². The number of nitrogens with zero attached hydrogens (tertiary/aromatic N) is 4. The van der Waals surface area contributed by atoms with Gasteiger partial charge in [-0.25, -0.2) is 19.3 Å². The first-order valence-electron chi connectivity index (χ1n) is 14.0. The average molecular weight is 776 g/mol. The van der Waals surface area contributed by atoms with Crippen LogP contribution in [0.3, 0.4) is 0 Å². The number of anilines is 3. The summed E-state index contributed by atoms with van der Waals surface area (Å²) in [6.07, 6.45) is 0.821. The van der Waals surface area contributed by atoms with Gasteiger partial charge in [-0.15, -0.1) is 0 Å². The van der Waals surface area contributed by atoms with Gasteiger partial charge in [0.1, 0.15) is 0 Å². The molecule has 0 saturated carbocycles. The lowest BCUT2D eigenvalue weighted by Gasteiger charge is -2.61. The lowest BCUT2D eigenvalue weighted by molar-refractivity contribution is -0.164. The van der Waals surface area contributed by atoms with Gasteiger partial charge in [0, 0.05) is 50.1 Å². The summed E-state index contributed by atoms with van der Waals surface area (Å²) in [5.74, 6) is 0. The summed E-state index contributed by atoms with van der Waals surface area (Å²) in [6, 6.07) is 21.8. The first-order valence-corrected chi connectivity index (χ1v) is 16.4. The molecule has 0 bridgehead atoms. The van der Waals surface area contributed by atoms with E-state index < -0.39 is 0 Å². The van der Waals surface area contributed by atoms with Gasteiger partial charge in [-0.05, 0) is 92.1 Å². The van der Waals surface area contributed by atoms with E-state index in [2.05, 4.69) is 68.6 Å². The molecule has 0 aliphatic carbocycles. The normalized spacial score (nSPS) is 21.6. The Morgan fingerprint density at radius 3 is 1.00 bits per heavy atom. The Kier molecular flexibility index (Phi) is 8.94. The minimum Gasteiger partial charge on any atom is -0.308 e. The van der Waals surface area contributed by atoms with Crippen LogP contribution in [0.15, 0.2) is 86.2 Å². The van der Waals surface area contributed by atoms with Crippen molar-refractivity contribution < 1.29 is 14.4 Å². The van der Waals surface area contributed by atoms with E-state index in [0.717, 1.165) is 13.4 Å². The van der Waals surface area contributed by atoms with Crippen molar-refractivity contribution in [2.45, 2.75) is 37.8 Å². The van der Waals surface area contributed by atoms with Crippen molar-refractivity contribution in [1.82, 2.24) is 19.6 Å². The summed E-state index contributed by atoms with van der Waals surface area (Å²) in [4.78, 5) is 48.4. The Morgan fingerprint density at radius 1 is 0.488 bits per heavy atom. The summed E-state index contributed by atoms with van der Waals surface area (Å²) < 4.78 is 2.79. The highest BCUT2D eigenvalue weighted by atomic mass is 79.9. The van der Waals surface area contributed by atoms with Crippen molar-refractivity contribution in [1.29, 1.82) is 0 Å². The lowest BCUT2D eigenvalue weighted by Crippen LogP contribution is -2.76. The molecule has 10 nitrogen and oxygen atoms in total. The van der Waals surface area contributed by atoms with Gasteiger partial charge in [-0.1, -0.05) is 47.8 Å². The second kappa shape index (κ2) is 12.8. The third-order valence-electron chi connectivity index (χ3n) is 8.07. The van der Waals surface area contributed by atoms with E-state index in [9.17, 15) is 14.4 Å². The second-order valence-corrected chi connectivity index (χ2v) is 13.4. The number of carbonyl (C=O) groups is 3. The number of hydrogen-bond donors (Lipinski definition) is 3. The molecule has 3 aliphatic heterocycles. The average Bonchev–Trinajstić information content (AvgIpc) is 3.00. The molecule has 6 rings (SSSR count). The van der Waals surface area contributed by atoms with Crippen molar-refractivity contribution in [2.24, 2.45) is 0 Å². The molecule has 6 amide bonds. The molecule has 3 atom stereocenters. The van der Waals surface area contributed by atoms with Gasteiger partial charge in [-0.2, -0.15) is 0 Å². The highest BCUT2D eigenvalue weighted by Crippen LogP contribution is 2.37. The van der Waals surface area contributed by atoms with Crippen LogP contribution in [0, 0.1) is 0 Å². The van der Waals surface area contributed by atoms with Crippen LogP contribution in [0.1, 0.15) is 19.3 Å². The third kappa shape index (κ3) is 6.54. The monoisotopic (exact) mass is 773 g/mol. The van der Waals surface area contributed by atoms with E-state index in [0.29, 0.717) is 56.0 Å². The van der Waals surface area contributed by atoms with Crippen molar-refractivity contribution in [3.05, 3.63) is 86.2 Å². The van der Waals surface area contributed by atoms with E-state index in [-0.39, 0.29) is 36.6 Å². The molecule has 3 saturated heterocycles. The van der Waals surface area contributed by atoms with Crippen LogP contribution < -0.4 is 16.0 Å². The number of benzene rings is 3. The minimum atomic E-state index is -0.279. The third-order valence-corrected chi connectivity index (χ3v) is 9.65. The van der Waals surface area contributed by atoms with Gasteiger partial charge < -0.3 is 30.7 Å². The topological polar surface area (TPSA) is 100 Å². The minimum absolute atomic E-state index is 0.200. The Labute approximate surface area is 275 Å². The molecular weight excluding hydrogens is 746 g/mol. The molecule has 3 unspecified atom stereocenters. The fourth-order valence-electron chi connectivity index (χ4n) is 6.10. The van der Waals surface area contributed by atoms with Gasteiger partial charge >= 0.3 is 18.1 Å².